The molecule has 1 aliphatic carbocycles. The van der Waals surface area contributed by atoms with Crippen LogP contribution in [0.5, 0.6) is 0 Å². The predicted molar refractivity (Wildman–Crippen MR) is 116 cm³/mol. The van der Waals surface area contributed by atoms with Crippen molar-refractivity contribution in [2.45, 2.75) is 61.8 Å². The van der Waals surface area contributed by atoms with Crippen LogP contribution in [0.1, 0.15) is 72.1 Å². The molecule has 2 aromatic rings. The van der Waals surface area contributed by atoms with Crippen LogP contribution in [0, 0.1) is 0 Å². The fraction of sp³-hybridized carbons (Fsp3) is 0.375. The van der Waals surface area contributed by atoms with E-state index in [9.17, 15) is 9.90 Å². The van der Waals surface area contributed by atoms with Crippen molar-refractivity contribution < 1.29 is 9.90 Å². The molecule has 2 nitrogen and oxygen atoms in total. The van der Waals surface area contributed by atoms with Gasteiger partial charge >= 0.3 is 5.97 Å². The molecule has 0 aromatic heterocycles. The Bertz CT molecular complexity index is 640. The molecule has 26 heavy (non-hydrogen) atoms. The van der Waals surface area contributed by atoms with E-state index in [-0.39, 0.29) is 0 Å². The number of aliphatic carboxylic acids is 1. The molecule has 0 saturated heterocycles. The van der Waals surface area contributed by atoms with Crippen molar-refractivity contribution in [2.24, 2.45) is 0 Å². The van der Waals surface area contributed by atoms with Crippen LogP contribution >= 0.6 is 0 Å². The Labute approximate surface area is 160 Å². The van der Waals surface area contributed by atoms with Crippen LogP contribution in [0.3, 0.4) is 0 Å². The van der Waals surface area contributed by atoms with Crippen molar-refractivity contribution in [3.63, 3.8) is 0 Å². The third-order valence-electron chi connectivity index (χ3n) is 3.28. The molecule has 144 valence electrons. The van der Waals surface area contributed by atoms with E-state index in [4.69, 9.17) is 0 Å². The summed E-state index contributed by atoms with van der Waals surface area (Å²) < 4.78 is 0. The van der Waals surface area contributed by atoms with Crippen LogP contribution < -0.4 is 0 Å². The van der Waals surface area contributed by atoms with Gasteiger partial charge in [0.1, 0.15) is 0 Å². The number of hydrogen-bond acceptors (Lipinski definition) is 1. The summed E-state index contributed by atoms with van der Waals surface area (Å²) in [7, 11) is 0. The van der Waals surface area contributed by atoms with E-state index in [0.717, 1.165) is 22.3 Å². The molecule has 0 heterocycles. The number of benzene rings is 2. The first-order valence-corrected chi connectivity index (χ1v) is 9.87. The average molecular weight is 357 g/mol. The van der Waals surface area contributed by atoms with Gasteiger partial charge in [0, 0.05) is 12.0 Å². The van der Waals surface area contributed by atoms with Gasteiger partial charge in [0.15, 0.2) is 0 Å². The number of carboxylic acids is 1. The van der Waals surface area contributed by atoms with E-state index < -0.39 is 5.97 Å². The second-order valence-corrected chi connectivity index (χ2v) is 4.36. The van der Waals surface area contributed by atoms with Crippen LogP contribution in [0.2, 0.25) is 0 Å². The van der Waals surface area contributed by atoms with Gasteiger partial charge in [-0.15, -0.1) is 0 Å². The normalized spacial score (nSPS) is 10.3. The maximum atomic E-state index is 11.4. The van der Waals surface area contributed by atoms with Gasteiger partial charge in [-0.1, -0.05) is 110 Å². The lowest BCUT2D eigenvalue weighted by atomic mass is 9.98. The maximum absolute atomic E-state index is 11.4. The fourth-order valence-corrected chi connectivity index (χ4v) is 2.48. The van der Waals surface area contributed by atoms with Gasteiger partial charge in [-0.05, 0) is 22.3 Å². The summed E-state index contributed by atoms with van der Waals surface area (Å²) in [5.74, 6) is -0.829. The molecular weight excluding hydrogens is 320 g/mol. The Morgan fingerprint density at radius 1 is 0.731 bits per heavy atom. The van der Waals surface area contributed by atoms with Gasteiger partial charge in [-0.3, -0.25) is 0 Å². The third-order valence-corrected chi connectivity index (χ3v) is 3.28. The molecule has 0 atom stereocenters. The Morgan fingerprint density at radius 3 is 1.69 bits per heavy atom. The summed E-state index contributed by atoms with van der Waals surface area (Å²) in [6, 6.07) is 17.6. The lowest BCUT2D eigenvalue weighted by Gasteiger charge is -2.06. The van der Waals surface area contributed by atoms with E-state index in [2.05, 4.69) is 0 Å². The molecule has 0 fully saturated rings. The van der Waals surface area contributed by atoms with Crippen molar-refractivity contribution in [1.82, 2.24) is 0 Å². The summed E-state index contributed by atoms with van der Waals surface area (Å²) in [6.45, 7) is 16.0. The van der Waals surface area contributed by atoms with Crippen LogP contribution in [-0.4, -0.2) is 11.1 Å². The smallest absolute Gasteiger partial charge is 0.332 e. The highest BCUT2D eigenvalue weighted by molar-refractivity contribution is 6.04. The van der Waals surface area contributed by atoms with E-state index in [1.54, 1.807) is 0 Å². The molecule has 2 heteroatoms. The maximum Gasteiger partial charge on any atom is 0.332 e. The first-order chi connectivity index (χ1) is 12.8. The molecule has 0 saturated carbocycles. The van der Waals surface area contributed by atoms with E-state index >= 15 is 0 Å². The molecule has 0 bridgehead atoms. The lowest BCUT2D eigenvalue weighted by Crippen LogP contribution is -2.02. The van der Waals surface area contributed by atoms with Gasteiger partial charge in [-0.2, -0.15) is 0 Å². The second-order valence-electron chi connectivity index (χ2n) is 4.36. The predicted octanol–water partition coefficient (Wildman–Crippen LogP) is 7.23. The van der Waals surface area contributed by atoms with Gasteiger partial charge < -0.3 is 5.11 Å². The van der Waals surface area contributed by atoms with Crippen molar-refractivity contribution in [1.29, 1.82) is 0 Å². The van der Waals surface area contributed by atoms with Crippen LogP contribution in [0.15, 0.2) is 60.2 Å². The van der Waals surface area contributed by atoms with Crippen LogP contribution in [0.25, 0.3) is 5.57 Å². The summed E-state index contributed by atoms with van der Waals surface area (Å²) in [6.07, 6.45) is 0.510. The Balaban J connectivity index is 0. The number of carboxylic acid groups (broad SMARTS) is 1. The molecule has 0 unspecified atom stereocenters. The van der Waals surface area contributed by atoms with Gasteiger partial charge in [0.05, 0.1) is 0 Å². The molecule has 0 spiro atoms. The van der Waals surface area contributed by atoms with Crippen molar-refractivity contribution in [3.8, 4) is 0 Å². The fourth-order valence-electron chi connectivity index (χ4n) is 2.48. The lowest BCUT2D eigenvalue weighted by molar-refractivity contribution is -0.132. The SMILES string of the molecule is CC.CC.CC.CC.O=C(O)C1=C(c2ccccc2)c2ccccc2C1. The molecule has 0 radical (unpaired) electrons. The largest absolute Gasteiger partial charge is 0.478 e. The average Bonchev–Trinajstić information content (AvgIpc) is 3.15. The summed E-state index contributed by atoms with van der Waals surface area (Å²) >= 11 is 0. The first kappa shape index (κ1) is 25.9. The minimum Gasteiger partial charge on any atom is -0.478 e. The highest BCUT2D eigenvalue weighted by atomic mass is 16.4. The summed E-state index contributed by atoms with van der Waals surface area (Å²) in [5.41, 5.74) is 4.45. The topological polar surface area (TPSA) is 37.3 Å². The van der Waals surface area contributed by atoms with Crippen LogP contribution in [-0.2, 0) is 11.2 Å². The minimum absolute atomic E-state index is 0.488. The van der Waals surface area contributed by atoms with Gasteiger partial charge in [0.2, 0.25) is 0 Å². The van der Waals surface area contributed by atoms with E-state index in [0.29, 0.717) is 12.0 Å². The van der Waals surface area contributed by atoms with Gasteiger partial charge in [-0.25, -0.2) is 4.79 Å². The van der Waals surface area contributed by atoms with Crippen molar-refractivity contribution >= 4 is 11.5 Å². The number of hydrogen-bond donors (Lipinski definition) is 1. The highest BCUT2D eigenvalue weighted by Crippen LogP contribution is 2.37. The van der Waals surface area contributed by atoms with Crippen LogP contribution in [0.4, 0.5) is 0 Å². The van der Waals surface area contributed by atoms with Gasteiger partial charge in [0.25, 0.3) is 0 Å². The molecule has 3 rings (SSSR count). The molecule has 0 amide bonds. The molecule has 1 aliphatic rings. The summed E-state index contributed by atoms with van der Waals surface area (Å²) in [5, 5.41) is 9.36. The van der Waals surface area contributed by atoms with E-state index in [1.165, 1.54) is 0 Å². The monoisotopic (exact) mass is 356 g/mol. The first-order valence-electron chi connectivity index (χ1n) is 9.87. The zero-order valence-electron chi connectivity index (χ0n) is 17.8. The zero-order valence-corrected chi connectivity index (χ0v) is 17.8. The third kappa shape index (κ3) is 6.87. The Morgan fingerprint density at radius 2 is 1.19 bits per heavy atom. The summed E-state index contributed by atoms with van der Waals surface area (Å²) in [4.78, 5) is 11.4. The number of rotatable bonds is 2. The Hall–Kier alpha value is -2.35. The quantitative estimate of drug-likeness (QED) is 0.616. The number of fused-ring (bicyclic) bond motifs is 1. The molecule has 0 aliphatic heterocycles. The van der Waals surface area contributed by atoms with E-state index in [1.807, 2.05) is 110 Å². The molecule has 1 N–H and O–H groups in total. The molecule has 2 aromatic carbocycles. The second kappa shape index (κ2) is 16.1. The zero-order chi connectivity index (χ0) is 20.5. The minimum atomic E-state index is -0.829. The van der Waals surface area contributed by atoms with Crippen molar-refractivity contribution in [3.05, 3.63) is 76.9 Å². The highest BCUT2D eigenvalue weighted by Gasteiger charge is 2.26. The molecular formula is C24H36O2. The number of carbonyl (C=O) groups is 1. The van der Waals surface area contributed by atoms with Crippen molar-refractivity contribution in [2.75, 3.05) is 0 Å². The standard InChI is InChI=1S/C16H12O2.4C2H6/c17-16(18)14-10-12-8-4-5-9-13(12)15(14)11-6-2-1-3-7-11;4*1-2/h1-9H,10H2,(H,17,18);4*1-2H3. The Kier molecular flexibility index (Phi) is 16.1.